The number of nitrogens with zero attached hydrogens (tertiary/aromatic N) is 3. The van der Waals surface area contributed by atoms with Crippen molar-refractivity contribution in [2.45, 2.75) is 38.5 Å². The molecule has 172 valence electrons. The van der Waals surface area contributed by atoms with Crippen LogP contribution in [0.25, 0.3) is 11.3 Å². The maximum Gasteiger partial charge on any atom is 0.142 e. The fourth-order valence-electron chi connectivity index (χ4n) is 6.57. The summed E-state index contributed by atoms with van der Waals surface area (Å²) in [5.74, 6) is 2.58. The number of likely N-dealkylation sites (tertiary alicyclic amines) is 1. The number of carbonyl (C=O) groups is 1. The lowest BCUT2D eigenvalue weighted by molar-refractivity contribution is -0.120. The third-order valence-corrected chi connectivity index (χ3v) is 8.95. The van der Waals surface area contributed by atoms with E-state index in [1.54, 1.807) is 6.07 Å². The Kier molecular flexibility index (Phi) is 5.38. The number of hydrogen-bond acceptors (Lipinski definition) is 4. The zero-order chi connectivity index (χ0) is 22.6. The van der Waals surface area contributed by atoms with Crippen LogP contribution in [0.3, 0.4) is 0 Å². The van der Waals surface area contributed by atoms with Gasteiger partial charge in [-0.05, 0) is 98.7 Å². The Morgan fingerprint density at radius 1 is 1.12 bits per heavy atom. The smallest absolute Gasteiger partial charge is 0.142 e. The van der Waals surface area contributed by atoms with E-state index in [9.17, 15) is 9.18 Å². The van der Waals surface area contributed by atoms with Gasteiger partial charge in [-0.1, -0.05) is 23.8 Å². The maximum absolute atomic E-state index is 13.6. The van der Waals surface area contributed by atoms with Crippen molar-refractivity contribution >= 4 is 17.4 Å². The van der Waals surface area contributed by atoms with Gasteiger partial charge in [-0.3, -0.25) is 4.79 Å². The Hall–Kier alpha value is -2.11. The molecule has 1 aromatic carbocycles. The van der Waals surface area contributed by atoms with E-state index in [0.717, 1.165) is 50.1 Å². The van der Waals surface area contributed by atoms with Gasteiger partial charge in [0.15, 0.2) is 0 Å². The fourth-order valence-corrected chi connectivity index (χ4v) is 6.78. The van der Waals surface area contributed by atoms with Gasteiger partial charge in [-0.15, -0.1) is 0 Å². The number of fused-ring (bicyclic) bond motifs is 2. The number of benzene rings is 1. The van der Waals surface area contributed by atoms with Gasteiger partial charge >= 0.3 is 0 Å². The third-order valence-electron chi connectivity index (χ3n) is 8.62. The highest BCUT2D eigenvalue weighted by Crippen LogP contribution is 2.60. The van der Waals surface area contributed by atoms with Crippen LogP contribution in [0.4, 0.5) is 4.39 Å². The SMILES string of the molecule is O=C(Cc1ccc(-c2cc(F)ccc2Cl)nn1)C1CC12CCN(CC1CC3C=CC1C3)CC2. The summed E-state index contributed by atoms with van der Waals surface area (Å²) in [6.45, 7) is 3.49. The van der Waals surface area contributed by atoms with Crippen LogP contribution >= 0.6 is 11.6 Å². The predicted octanol–water partition coefficient (Wildman–Crippen LogP) is 5.36. The molecule has 0 amide bonds. The molecule has 0 radical (unpaired) electrons. The summed E-state index contributed by atoms with van der Waals surface area (Å²) in [4.78, 5) is 15.6. The zero-order valence-corrected chi connectivity index (χ0v) is 19.5. The average molecular weight is 466 g/mol. The van der Waals surface area contributed by atoms with Crippen LogP contribution in [0.15, 0.2) is 42.5 Å². The molecule has 1 spiro atoms. The topological polar surface area (TPSA) is 46.1 Å². The van der Waals surface area contributed by atoms with Gasteiger partial charge in [-0.25, -0.2) is 4.39 Å². The molecule has 1 aromatic heterocycles. The van der Waals surface area contributed by atoms with E-state index in [0.29, 0.717) is 28.4 Å². The van der Waals surface area contributed by atoms with Crippen LogP contribution < -0.4 is 0 Å². The summed E-state index contributed by atoms with van der Waals surface area (Å²) in [5, 5.41) is 8.86. The van der Waals surface area contributed by atoms with E-state index < -0.39 is 0 Å². The van der Waals surface area contributed by atoms with E-state index in [2.05, 4.69) is 27.2 Å². The van der Waals surface area contributed by atoms with Crippen molar-refractivity contribution in [1.29, 1.82) is 0 Å². The molecule has 3 aliphatic carbocycles. The highest BCUT2D eigenvalue weighted by molar-refractivity contribution is 6.33. The number of piperidine rings is 1. The average Bonchev–Trinajstić information content (AvgIpc) is 3.13. The predicted molar refractivity (Wildman–Crippen MR) is 126 cm³/mol. The van der Waals surface area contributed by atoms with Crippen molar-refractivity contribution in [2.75, 3.05) is 19.6 Å². The van der Waals surface area contributed by atoms with Crippen LogP contribution in [-0.4, -0.2) is 40.5 Å². The van der Waals surface area contributed by atoms with Crippen molar-refractivity contribution in [1.82, 2.24) is 15.1 Å². The second-order valence-corrected chi connectivity index (χ2v) is 11.0. The van der Waals surface area contributed by atoms with Gasteiger partial charge < -0.3 is 4.90 Å². The van der Waals surface area contributed by atoms with E-state index >= 15 is 0 Å². The minimum atomic E-state index is -0.368. The first-order valence-electron chi connectivity index (χ1n) is 12.2. The summed E-state index contributed by atoms with van der Waals surface area (Å²) in [7, 11) is 0. The molecule has 4 atom stereocenters. The lowest BCUT2D eigenvalue weighted by Crippen LogP contribution is -2.39. The van der Waals surface area contributed by atoms with E-state index in [1.165, 1.54) is 37.6 Å². The van der Waals surface area contributed by atoms with Crippen LogP contribution in [-0.2, 0) is 11.2 Å². The standard InChI is InChI=1S/C27H29ClFN3O/c28-24-5-3-20(29)13-22(24)25-6-4-21(30-31-25)14-26(33)23-15-27(23)7-9-32(10-8-27)16-19-12-17-1-2-18(19)11-17/h1-6,13,17-19,23H,7-12,14-16H2. The van der Waals surface area contributed by atoms with E-state index in [-0.39, 0.29) is 22.9 Å². The molecule has 6 rings (SSSR count). The molecular formula is C27H29ClFN3O. The lowest BCUT2D eigenvalue weighted by atomic mass is 9.87. The summed E-state index contributed by atoms with van der Waals surface area (Å²) in [6.07, 6.45) is 11.2. The van der Waals surface area contributed by atoms with Gasteiger partial charge in [0.2, 0.25) is 0 Å². The number of carbonyl (C=O) groups excluding carboxylic acids is 1. The Labute approximate surface area is 199 Å². The minimum absolute atomic E-state index is 0.171. The molecule has 33 heavy (non-hydrogen) atoms. The van der Waals surface area contributed by atoms with Gasteiger partial charge in [0.1, 0.15) is 11.6 Å². The van der Waals surface area contributed by atoms with Crippen molar-refractivity contribution in [2.24, 2.45) is 29.1 Å². The summed E-state index contributed by atoms with van der Waals surface area (Å²) in [6, 6.07) is 7.76. The molecule has 1 saturated heterocycles. The number of allylic oxidation sites excluding steroid dienone is 2. The van der Waals surface area contributed by atoms with Gasteiger partial charge in [0.05, 0.1) is 22.8 Å². The van der Waals surface area contributed by atoms with Crippen molar-refractivity contribution < 1.29 is 9.18 Å². The first kappa shape index (κ1) is 21.4. The highest BCUT2D eigenvalue weighted by atomic mass is 35.5. The minimum Gasteiger partial charge on any atom is -0.303 e. The van der Waals surface area contributed by atoms with Crippen LogP contribution in [0.1, 0.15) is 37.8 Å². The number of hydrogen-bond donors (Lipinski definition) is 0. The second-order valence-electron chi connectivity index (χ2n) is 10.6. The first-order chi connectivity index (χ1) is 16.0. The van der Waals surface area contributed by atoms with Crippen molar-refractivity contribution in [3.05, 3.63) is 59.0 Å². The molecule has 1 aliphatic heterocycles. The molecular weight excluding hydrogens is 437 g/mol. The summed E-state index contributed by atoms with van der Waals surface area (Å²) < 4.78 is 13.6. The maximum atomic E-state index is 13.6. The Morgan fingerprint density at radius 3 is 2.67 bits per heavy atom. The Morgan fingerprint density at radius 2 is 1.97 bits per heavy atom. The van der Waals surface area contributed by atoms with Crippen molar-refractivity contribution in [3.63, 3.8) is 0 Å². The molecule has 4 unspecified atom stereocenters. The Bertz CT molecular complexity index is 1090. The molecule has 0 N–H and O–H groups in total. The van der Waals surface area contributed by atoms with Gasteiger partial charge in [0.25, 0.3) is 0 Å². The molecule has 2 aromatic rings. The summed E-state index contributed by atoms with van der Waals surface area (Å²) in [5.41, 5.74) is 1.92. The first-order valence-corrected chi connectivity index (χ1v) is 12.6. The fraction of sp³-hybridized carbons (Fsp3) is 0.519. The molecule has 2 bridgehead atoms. The van der Waals surface area contributed by atoms with E-state index in [4.69, 9.17) is 11.6 Å². The largest absolute Gasteiger partial charge is 0.303 e. The number of Topliss-reactive ketones (excluding diaryl/α,β-unsaturated/α-hetero) is 1. The normalized spacial score (nSPS) is 29.6. The molecule has 4 aliphatic rings. The highest BCUT2D eigenvalue weighted by Gasteiger charge is 2.58. The van der Waals surface area contributed by atoms with Gasteiger partial charge in [0, 0.05) is 18.0 Å². The number of rotatable bonds is 6. The third kappa shape index (κ3) is 4.15. The zero-order valence-electron chi connectivity index (χ0n) is 18.7. The second kappa shape index (κ2) is 8.28. The van der Waals surface area contributed by atoms with E-state index in [1.807, 2.05) is 6.07 Å². The lowest BCUT2D eigenvalue weighted by Gasteiger charge is -2.35. The quantitative estimate of drug-likeness (QED) is 0.538. The van der Waals surface area contributed by atoms with Crippen molar-refractivity contribution in [3.8, 4) is 11.3 Å². The van der Waals surface area contributed by atoms with Crippen LogP contribution in [0, 0.1) is 34.9 Å². The number of halogens is 2. The monoisotopic (exact) mass is 465 g/mol. The van der Waals surface area contributed by atoms with Crippen LogP contribution in [0.2, 0.25) is 5.02 Å². The molecule has 4 nitrogen and oxygen atoms in total. The molecule has 3 fully saturated rings. The number of aromatic nitrogens is 2. The number of ketones is 1. The molecule has 2 saturated carbocycles. The van der Waals surface area contributed by atoms with Gasteiger partial charge in [-0.2, -0.15) is 10.2 Å². The molecule has 6 heteroatoms. The molecule has 2 heterocycles. The summed E-state index contributed by atoms with van der Waals surface area (Å²) >= 11 is 6.17. The Balaban J connectivity index is 1.02. The van der Waals surface area contributed by atoms with Crippen LogP contribution in [0.5, 0.6) is 0 Å².